The Balaban J connectivity index is 1.39. The van der Waals surface area contributed by atoms with Crippen molar-refractivity contribution in [3.8, 4) is 17.3 Å². The fraction of sp³-hybridized carbons (Fsp3) is 0.296. The van der Waals surface area contributed by atoms with E-state index in [0.29, 0.717) is 16.5 Å². The van der Waals surface area contributed by atoms with Crippen molar-refractivity contribution in [2.45, 2.75) is 25.7 Å². The molecular formula is C27H27N5S. The molecule has 1 saturated heterocycles. The molecule has 0 amide bonds. The molecule has 1 fully saturated rings. The van der Waals surface area contributed by atoms with Gasteiger partial charge in [0.05, 0.1) is 11.3 Å². The number of pyridine rings is 1. The largest absolute Gasteiger partial charge is 0.368 e. The van der Waals surface area contributed by atoms with E-state index < -0.39 is 0 Å². The highest BCUT2D eigenvalue weighted by atomic mass is 32.1. The molecule has 5 rings (SSSR count). The predicted octanol–water partition coefficient (Wildman–Crippen LogP) is 5.02. The molecule has 6 heteroatoms. The Morgan fingerprint density at radius 2 is 1.52 bits per heavy atom. The Bertz CT molecular complexity index is 1180. The number of rotatable bonds is 3. The lowest BCUT2D eigenvalue weighted by atomic mass is 9.86. The molecular weight excluding hydrogens is 426 g/mol. The summed E-state index contributed by atoms with van der Waals surface area (Å²) in [6.07, 6.45) is 4.12. The van der Waals surface area contributed by atoms with Gasteiger partial charge in [0.2, 0.25) is 0 Å². The molecule has 2 aliphatic rings. The van der Waals surface area contributed by atoms with Crippen LogP contribution in [-0.4, -0.2) is 41.2 Å². The van der Waals surface area contributed by atoms with E-state index in [0.717, 1.165) is 68.7 Å². The maximum absolute atomic E-state index is 10.0. The molecule has 1 N–H and O–H groups in total. The van der Waals surface area contributed by atoms with E-state index in [2.05, 4.69) is 57.6 Å². The van der Waals surface area contributed by atoms with Gasteiger partial charge in [-0.1, -0.05) is 48.5 Å². The first-order valence-corrected chi connectivity index (χ1v) is 12.0. The number of benzene rings is 2. The number of hydrogen-bond acceptors (Lipinski definition) is 4. The second kappa shape index (κ2) is 9.60. The summed E-state index contributed by atoms with van der Waals surface area (Å²) in [6, 6.07) is 23.2. The van der Waals surface area contributed by atoms with E-state index in [1.807, 2.05) is 24.3 Å². The topological polar surface area (TPSA) is 55.2 Å². The first-order chi connectivity index (χ1) is 16.2. The summed E-state index contributed by atoms with van der Waals surface area (Å²) in [5.74, 6) is 0.590. The Hall–Kier alpha value is -3.43. The molecule has 3 aromatic rings. The standard InChI is InChI=1S/C27H27N5S/c28-19-24-22-13-7-8-14-23(22)25(20-9-3-1-4-10-20)29-26(24)30-27(33)32-17-15-31(16-18-32)21-11-5-2-6-12-21/h1-6,9-12H,7-8,13-18H2,(H,29,30,33). The zero-order valence-corrected chi connectivity index (χ0v) is 19.4. The predicted molar refractivity (Wildman–Crippen MR) is 137 cm³/mol. The van der Waals surface area contributed by atoms with Gasteiger partial charge in [-0.3, -0.25) is 0 Å². The monoisotopic (exact) mass is 453 g/mol. The van der Waals surface area contributed by atoms with Crippen molar-refractivity contribution < 1.29 is 0 Å². The van der Waals surface area contributed by atoms with Gasteiger partial charge in [-0.25, -0.2) is 4.98 Å². The molecule has 0 spiro atoms. The molecule has 5 nitrogen and oxygen atoms in total. The summed E-state index contributed by atoms with van der Waals surface area (Å²) < 4.78 is 0. The van der Waals surface area contributed by atoms with Crippen LogP contribution >= 0.6 is 12.2 Å². The zero-order valence-electron chi connectivity index (χ0n) is 18.6. The molecule has 0 saturated carbocycles. The van der Waals surface area contributed by atoms with Crippen LogP contribution in [0.3, 0.4) is 0 Å². The molecule has 1 aliphatic carbocycles. The fourth-order valence-electron chi connectivity index (χ4n) is 4.85. The van der Waals surface area contributed by atoms with Crippen LogP contribution in [0.25, 0.3) is 11.3 Å². The van der Waals surface area contributed by atoms with Crippen LogP contribution in [0.1, 0.15) is 29.5 Å². The van der Waals surface area contributed by atoms with E-state index in [-0.39, 0.29) is 0 Å². The van der Waals surface area contributed by atoms with Crippen LogP contribution in [0.2, 0.25) is 0 Å². The minimum absolute atomic E-state index is 0.590. The lowest BCUT2D eigenvalue weighted by molar-refractivity contribution is 0.391. The van der Waals surface area contributed by atoms with Gasteiger partial charge in [0.25, 0.3) is 0 Å². The van der Waals surface area contributed by atoms with Gasteiger partial charge in [0.1, 0.15) is 6.07 Å². The van der Waals surface area contributed by atoms with Crippen molar-refractivity contribution in [1.82, 2.24) is 9.88 Å². The van der Waals surface area contributed by atoms with E-state index in [1.54, 1.807) is 0 Å². The lowest BCUT2D eigenvalue weighted by Gasteiger charge is -2.37. The zero-order chi connectivity index (χ0) is 22.6. The maximum Gasteiger partial charge on any atom is 0.174 e. The number of nitriles is 1. The summed E-state index contributed by atoms with van der Waals surface area (Å²) in [4.78, 5) is 9.53. The van der Waals surface area contributed by atoms with Crippen molar-refractivity contribution in [3.63, 3.8) is 0 Å². The summed E-state index contributed by atoms with van der Waals surface area (Å²) in [6.45, 7) is 3.48. The number of nitrogens with one attached hydrogen (secondary N) is 1. The minimum atomic E-state index is 0.590. The second-order valence-corrected chi connectivity index (χ2v) is 8.95. The molecule has 0 atom stereocenters. The van der Waals surface area contributed by atoms with Crippen molar-refractivity contribution in [1.29, 1.82) is 5.26 Å². The van der Waals surface area contributed by atoms with Gasteiger partial charge in [0.15, 0.2) is 10.9 Å². The average molecular weight is 454 g/mol. The molecule has 2 aromatic carbocycles. The molecule has 0 unspecified atom stereocenters. The van der Waals surface area contributed by atoms with Gasteiger partial charge in [-0.2, -0.15) is 5.26 Å². The number of thiocarbonyl (C=S) groups is 1. The van der Waals surface area contributed by atoms with Crippen LogP contribution in [-0.2, 0) is 12.8 Å². The molecule has 166 valence electrons. The maximum atomic E-state index is 10.0. The number of aromatic nitrogens is 1. The first kappa shape index (κ1) is 21.4. The van der Waals surface area contributed by atoms with Crippen LogP contribution in [0.4, 0.5) is 11.5 Å². The van der Waals surface area contributed by atoms with Crippen molar-refractivity contribution in [2.75, 3.05) is 36.4 Å². The van der Waals surface area contributed by atoms with Gasteiger partial charge >= 0.3 is 0 Å². The molecule has 33 heavy (non-hydrogen) atoms. The molecule has 2 heterocycles. The Kier molecular flexibility index (Phi) is 6.23. The number of nitrogens with zero attached hydrogens (tertiary/aromatic N) is 4. The highest BCUT2D eigenvalue weighted by Gasteiger charge is 2.25. The Morgan fingerprint density at radius 3 is 2.18 bits per heavy atom. The summed E-state index contributed by atoms with van der Waals surface area (Å²) in [5, 5.41) is 14.0. The van der Waals surface area contributed by atoms with Crippen molar-refractivity contribution in [3.05, 3.63) is 77.4 Å². The minimum Gasteiger partial charge on any atom is -0.368 e. The van der Waals surface area contributed by atoms with Crippen LogP contribution in [0, 0.1) is 11.3 Å². The first-order valence-electron chi connectivity index (χ1n) is 11.6. The average Bonchev–Trinajstić information content (AvgIpc) is 2.89. The van der Waals surface area contributed by atoms with E-state index in [9.17, 15) is 5.26 Å². The molecule has 1 aromatic heterocycles. The third kappa shape index (κ3) is 4.42. The lowest BCUT2D eigenvalue weighted by Crippen LogP contribution is -2.50. The van der Waals surface area contributed by atoms with Gasteiger partial charge in [0, 0.05) is 37.4 Å². The van der Waals surface area contributed by atoms with Crippen LogP contribution < -0.4 is 10.2 Å². The van der Waals surface area contributed by atoms with E-state index in [1.165, 1.54) is 11.3 Å². The molecule has 0 radical (unpaired) electrons. The number of hydrogen-bond donors (Lipinski definition) is 1. The second-order valence-electron chi connectivity index (χ2n) is 8.57. The van der Waals surface area contributed by atoms with Gasteiger partial charge in [-0.05, 0) is 61.2 Å². The molecule has 1 aliphatic heterocycles. The number of fused-ring (bicyclic) bond motifs is 1. The van der Waals surface area contributed by atoms with Crippen molar-refractivity contribution in [2.24, 2.45) is 0 Å². The quantitative estimate of drug-likeness (QED) is 0.562. The smallest absolute Gasteiger partial charge is 0.174 e. The highest BCUT2D eigenvalue weighted by Crippen LogP contribution is 2.35. The normalized spacial score (nSPS) is 15.5. The van der Waals surface area contributed by atoms with Gasteiger partial charge in [-0.15, -0.1) is 0 Å². The summed E-state index contributed by atoms with van der Waals surface area (Å²) in [7, 11) is 0. The Labute approximate surface area is 200 Å². The van der Waals surface area contributed by atoms with E-state index in [4.69, 9.17) is 17.2 Å². The third-order valence-corrected chi connectivity index (χ3v) is 6.95. The number of piperazine rings is 1. The number of anilines is 2. The van der Waals surface area contributed by atoms with E-state index >= 15 is 0 Å². The van der Waals surface area contributed by atoms with Crippen LogP contribution in [0.5, 0.6) is 0 Å². The van der Waals surface area contributed by atoms with Crippen molar-refractivity contribution >= 4 is 28.8 Å². The fourth-order valence-corrected chi connectivity index (χ4v) is 5.13. The highest BCUT2D eigenvalue weighted by molar-refractivity contribution is 7.80. The number of para-hydroxylation sites is 1. The SMILES string of the molecule is N#Cc1c(NC(=S)N2CCN(c3ccccc3)CC2)nc(-c2ccccc2)c2c1CCCC2. The summed E-state index contributed by atoms with van der Waals surface area (Å²) in [5.41, 5.74) is 6.31. The molecule has 0 bridgehead atoms. The summed E-state index contributed by atoms with van der Waals surface area (Å²) >= 11 is 5.78. The van der Waals surface area contributed by atoms with Crippen LogP contribution in [0.15, 0.2) is 60.7 Å². The van der Waals surface area contributed by atoms with Gasteiger partial charge < -0.3 is 15.1 Å². The Morgan fingerprint density at radius 1 is 0.879 bits per heavy atom. The third-order valence-electron chi connectivity index (χ3n) is 6.59.